The third kappa shape index (κ3) is 3.57. The summed E-state index contributed by atoms with van der Waals surface area (Å²) in [4.78, 5) is 4.51. The molecule has 5 heteroatoms. The highest BCUT2D eigenvalue weighted by Gasteiger charge is 2.05. The van der Waals surface area contributed by atoms with Crippen molar-refractivity contribution in [3.8, 4) is 5.75 Å². The maximum absolute atomic E-state index is 5.89. The van der Waals surface area contributed by atoms with Crippen LogP contribution in [0.2, 0.25) is 13.1 Å². The van der Waals surface area contributed by atoms with E-state index in [1.165, 1.54) is 0 Å². The molecule has 1 aromatic heterocycles. The summed E-state index contributed by atoms with van der Waals surface area (Å²) in [5, 5.41) is 4.20. The molecule has 105 valence electrons. The van der Waals surface area contributed by atoms with Gasteiger partial charge in [0.05, 0.1) is 12.7 Å². The number of hydrogen-bond donors (Lipinski definition) is 0. The summed E-state index contributed by atoms with van der Waals surface area (Å²) in [7, 11) is 1.18. The maximum atomic E-state index is 5.89. The Bertz CT molecular complexity index is 605. The van der Waals surface area contributed by atoms with Gasteiger partial charge in [0.15, 0.2) is 0 Å². The molecule has 2 aromatic rings. The van der Waals surface area contributed by atoms with Gasteiger partial charge in [0.2, 0.25) is 0 Å². The Morgan fingerprint density at radius 1 is 1.35 bits per heavy atom. The van der Waals surface area contributed by atoms with Crippen LogP contribution in [0, 0.1) is 6.92 Å². The Morgan fingerprint density at radius 2 is 2.10 bits per heavy atom. The first-order valence-corrected chi connectivity index (χ1v) is 9.03. The molecule has 0 amide bonds. The third-order valence-electron chi connectivity index (χ3n) is 3.05. The van der Waals surface area contributed by atoms with E-state index >= 15 is 0 Å². The fraction of sp³-hybridized carbons (Fsp3) is 0.333. The molecule has 0 aliphatic rings. The molecule has 0 atom stereocenters. The van der Waals surface area contributed by atoms with Crippen LogP contribution in [0.25, 0.3) is 0 Å². The summed E-state index contributed by atoms with van der Waals surface area (Å²) in [6.45, 7) is 6.92. The summed E-state index contributed by atoms with van der Waals surface area (Å²) in [5.74, 6) is 0.950. The number of aliphatic imine (C=N–C) groups is 1. The minimum Gasteiger partial charge on any atom is -0.542 e. The zero-order valence-electron chi connectivity index (χ0n) is 12.4. The molecule has 4 nitrogen and oxygen atoms in total. The summed E-state index contributed by atoms with van der Waals surface area (Å²) in [5.41, 5.74) is 3.30. The molecule has 20 heavy (non-hydrogen) atoms. The minimum atomic E-state index is -0.754. The van der Waals surface area contributed by atoms with Crippen molar-refractivity contribution < 1.29 is 4.43 Å². The lowest BCUT2D eigenvalue weighted by molar-refractivity contribution is 0.572. The van der Waals surface area contributed by atoms with Gasteiger partial charge in [-0.3, -0.25) is 9.67 Å². The number of rotatable bonds is 5. The zero-order valence-corrected chi connectivity index (χ0v) is 13.4. The van der Waals surface area contributed by atoms with Crippen LogP contribution in [0.1, 0.15) is 16.8 Å². The Hall–Kier alpha value is -1.88. The number of aromatic nitrogens is 2. The number of hydrogen-bond acceptors (Lipinski definition) is 3. The molecule has 0 saturated heterocycles. The molecular weight excluding hydrogens is 266 g/mol. The zero-order chi connectivity index (χ0) is 14.5. The molecule has 0 fully saturated rings. The van der Waals surface area contributed by atoms with Gasteiger partial charge in [-0.1, -0.05) is 18.2 Å². The summed E-state index contributed by atoms with van der Waals surface area (Å²) in [6, 6.07) is 8.09. The van der Waals surface area contributed by atoms with Crippen LogP contribution >= 0.6 is 0 Å². The fourth-order valence-corrected chi connectivity index (χ4v) is 2.48. The predicted molar refractivity (Wildman–Crippen MR) is 83.8 cm³/mol. The van der Waals surface area contributed by atoms with Gasteiger partial charge in [0.1, 0.15) is 5.75 Å². The highest BCUT2D eigenvalue weighted by Crippen LogP contribution is 2.19. The minimum absolute atomic E-state index is 0.625. The van der Waals surface area contributed by atoms with E-state index in [-0.39, 0.29) is 0 Å². The Labute approximate surface area is 121 Å². The number of benzene rings is 1. The van der Waals surface area contributed by atoms with E-state index in [1.807, 2.05) is 49.3 Å². The second-order valence-corrected chi connectivity index (χ2v) is 6.92. The van der Waals surface area contributed by atoms with Crippen molar-refractivity contribution in [2.75, 3.05) is 0 Å². The highest BCUT2D eigenvalue weighted by molar-refractivity contribution is 6.49. The molecule has 0 aliphatic heterocycles. The Kier molecular flexibility index (Phi) is 4.73. The second kappa shape index (κ2) is 6.52. The predicted octanol–water partition coefficient (Wildman–Crippen LogP) is 2.98. The van der Waals surface area contributed by atoms with Gasteiger partial charge in [-0.05, 0) is 26.1 Å². The molecule has 0 saturated carbocycles. The Morgan fingerprint density at radius 3 is 2.75 bits per heavy atom. The van der Waals surface area contributed by atoms with E-state index in [4.69, 9.17) is 4.43 Å². The van der Waals surface area contributed by atoms with Gasteiger partial charge < -0.3 is 4.43 Å². The first kappa shape index (κ1) is 14.5. The summed E-state index contributed by atoms with van der Waals surface area (Å²) < 4.78 is 7.74. The smallest absolute Gasteiger partial charge is 0.274 e. The maximum Gasteiger partial charge on any atom is 0.274 e. The monoisotopic (exact) mass is 286 g/mol. The second-order valence-electron chi connectivity index (χ2n) is 4.90. The molecule has 1 aromatic carbocycles. The summed E-state index contributed by atoms with van der Waals surface area (Å²) in [6.07, 6.45) is 3.71. The van der Waals surface area contributed by atoms with E-state index in [9.17, 15) is 0 Å². The van der Waals surface area contributed by atoms with Crippen LogP contribution in [-0.2, 0) is 13.6 Å². The van der Waals surface area contributed by atoms with E-state index in [1.54, 1.807) is 0 Å². The van der Waals surface area contributed by atoms with E-state index in [0.29, 0.717) is 6.54 Å². The lowest BCUT2D eigenvalue weighted by Crippen LogP contribution is -2.12. The molecule has 2 rings (SSSR count). The van der Waals surface area contributed by atoms with Crippen molar-refractivity contribution >= 4 is 15.3 Å². The van der Waals surface area contributed by atoms with Crippen LogP contribution in [-0.4, -0.2) is 25.0 Å². The highest BCUT2D eigenvalue weighted by atomic mass is 28.3. The molecule has 0 unspecified atom stereocenters. The third-order valence-corrected chi connectivity index (χ3v) is 3.68. The lowest BCUT2D eigenvalue weighted by atomic mass is 10.2. The van der Waals surface area contributed by atoms with Crippen molar-refractivity contribution in [1.82, 2.24) is 9.78 Å². The number of nitrogens with zero attached hydrogens (tertiary/aromatic N) is 3. The van der Waals surface area contributed by atoms with E-state index in [0.717, 1.165) is 22.6 Å². The topological polar surface area (TPSA) is 39.4 Å². The van der Waals surface area contributed by atoms with E-state index in [2.05, 4.69) is 29.3 Å². The molecule has 0 N–H and O–H groups in total. The molecule has 1 heterocycles. The van der Waals surface area contributed by atoms with Gasteiger partial charge >= 0.3 is 0 Å². The molecule has 0 aliphatic carbocycles. The van der Waals surface area contributed by atoms with Crippen LogP contribution in [0.3, 0.4) is 0 Å². The average Bonchev–Trinajstić information content (AvgIpc) is 2.72. The van der Waals surface area contributed by atoms with Gasteiger partial charge in [-0.2, -0.15) is 5.10 Å². The van der Waals surface area contributed by atoms with Gasteiger partial charge in [0, 0.05) is 30.1 Å². The summed E-state index contributed by atoms with van der Waals surface area (Å²) >= 11 is 0. The van der Waals surface area contributed by atoms with Crippen molar-refractivity contribution in [2.45, 2.75) is 26.6 Å². The standard InChI is InChI=1S/C15H20N3OSi/c1-12-14(11-17-18(12)2)10-16-9-13-7-5-6-8-15(13)19-20(3)4/h5-8,10-11H,9H2,1-4H3. The number of aryl methyl sites for hydroxylation is 1. The van der Waals surface area contributed by atoms with Crippen LogP contribution < -0.4 is 4.43 Å². The normalized spacial score (nSPS) is 11.4. The van der Waals surface area contributed by atoms with Crippen LogP contribution in [0.15, 0.2) is 35.5 Å². The lowest BCUT2D eigenvalue weighted by Gasteiger charge is -2.11. The van der Waals surface area contributed by atoms with E-state index < -0.39 is 9.04 Å². The quantitative estimate of drug-likeness (QED) is 0.626. The van der Waals surface area contributed by atoms with Crippen molar-refractivity contribution in [3.63, 3.8) is 0 Å². The molecular formula is C15H20N3OSi. The molecule has 1 radical (unpaired) electrons. The van der Waals surface area contributed by atoms with Crippen molar-refractivity contribution in [2.24, 2.45) is 12.0 Å². The van der Waals surface area contributed by atoms with Gasteiger partial charge in [-0.25, -0.2) is 0 Å². The Balaban J connectivity index is 2.09. The average molecular weight is 286 g/mol. The van der Waals surface area contributed by atoms with Gasteiger partial charge in [-0.15, -0.1) is 0 Å². The van der Waals surface area contributed by atoms with Crippen LogP contribution in [0.5, 0.6) is 5.75 Å². The first-order valence-electron chi connectivity index (χ1n) is 6.62. The largest absolute Gasteiger partial charge is 0.542 e. The van der Waals surface area contributed by atoms with Gasteiger partial charge in [0.25, 0.3) is 9.04 Å². The van der Waals surface area contributed by atoms with Crippen LogP contribution in [0.4, 0.5) is 0 Å². The molecule has 0 bridgehead atoms. The van der Waals surface area contributed by atoms with Crippen molar-refractivity contribution in [3.05, 3.63) is 47.3 Å². The fourth-order valence-electron chi connectivity index (χ4n) is 1.84. The first-order chi connectivity index (χ1) is 9.58. The van der Waals surface area contributed by atoms with Crippen molar-refractivity contribution in [1.29, 1.82) is 0 Å². The SMILES string of the molecule is Cc1c(C=NCc2ccccc2O[Si](C)C)cnn1C. The molecule has 0 spiro atoms. The number of para-hydroxylation sites is 1.